The highest BCUT2D eigenvalue weighted by atomic mass is 127. The molecule has 0 N–H and O–H groups in total. The van der Waals surface area contributed by atoms with Gasteiger partial charge in [0.2, 0.25) is 0 Å². The third kappa shape index (κ3) is 3.24. The number of hydrogen-bond donors (Lipinski definition) is 0. The molecule has 0 amide bonds. The molecule has 1 unspecified atom stereocenters. The molecule has 1 nitrogen and oxygen atoms in total. The van der Waals surface area contributed by atoms with E-state index in [1.165, 1.54) is 11.3 Å². The van der Waals surface area contributed by atoms with Gasteiger partial charge < -0.3 is 0 Å². The van der Waals surface area contributed by atoms with Crippen LogP contribution in [0.2, 0.25) is 0 Å². The third-order valence-electron chi connectivity index (χ3n) is 1.46. The Morgan fingerprint density at radius 1 is 1.42 bits per heavy atom. The number of alkyl halides is 3. The van der Waals surface area contributed by atoms with Gasteiger partial charge in [-0.2, -0.15) is 0 Å². The molecule has 0 fully saturated rings. The first-order valence-corrected chi connectivity index (χ1v) is 7.78. The zero-order valence-corrected chi connectivity index (χ0v) is 12.8. The standard InChI is InChI=1S/C8H8I3N/c9-4-6-1-2-12-8(3-6)7(11)5-10/h1-3,7H,4-5H2. The average molecular weight is 499 g/mol. The molecule has 4 heteroatoms. The summed E-state index contributed by atoms with van der Waals surface area (Å²) in [5, 5.41) is 0. The topological polar surface area (TPSA) is 12.9 Å². The molecule has 1 heterocycles. The van der Waals surface area contributed by atoms with Gasteiger partial charge in [-0.25, -0.2) is 0 Å². The Bertz CT molecular complexity index is 252. The van der Waals surface area contributed by atoms with Crippen molar-refractivity contribution in [2.75, 3.05) is 4.43 Å². The zero-order chi connectivity index (χ0) is 8.97. The molecule has 1 atom stereocenters. The number of aromatic nitrogens is 1. The molecule has 1 aromatic rings. The molecule has 0 bridgehead atoms. The summed E-state index contributed by atoms with van der Waals surface area (Å²) < 4.78 is 2.74. The maximum absolute atomic E-state index is 4.34. The molecule has 0 aliphatic rings. The summed E-state index contributed by atoms with van der Waals surface area (Å²) in [7, 11) is 0. The predicted octanol–water partition coefficient (Wildman–Crippen LogP) is 3.93. The second-order valence-corrected chi connectivity index (χ2v) is 5.49. The van der Waals surface area contributed by atoms with Crippen molar-refractivity contribution >= 4 is 67.8 Å². The third-order valence-corrected chi connectivity index (χ3v) is 5.98. The molecule has 1 aromatic heterocycles. The van der Waals surface area contributed by atoms with Crippen LogP contribution in [0.25, 0.3) is 0 Å². The summed E-state index contributed by atoms with van der Waals surface area (Å²) in [6, 6.07) is 4.27. The van der Waals surface area contributed by atoms with Crippen LogP contribution < -0.4 is 0 Å². The quantitative estimate of drug-likeness (QED) is 0.455. The number of pyridine rings is 1. The van der Waals surface area contributed by atoms with E-state index < -0.39 is 0 Å². The molecular formula is C8H8I3N. The highest BCUT2D eigenvalue weighted by Gasteiger charge is 2.06. The fourth-order valence-corrected chi connectivity index (χ4v) is 2.09. The van der Waals surface area contributed by atoms with Crippen molar-refractivity contribution in [1.82, 2.24) is 4.98 Å². The van der Waals surface area contributed by atoms with Gasteiger partial charge in [-0.05, 0) is 17.7 Å². The fraction of sp³-hybridized carbons (Fsp3) is 0.375. The van der Waals surface area contributed by atoms with E-state index in [4.69, 9.17) is 0 Å². The van der Waals surface area contributed by atoms with Crippen LogP contribution in [0.4, 0.5) is 0 Å². The molecule has 0 spiro atoms. The number of hydrogen-bond acceptors (Lipinski definition) is 1. The first-order chi connectivity index (χ1) is 5.77. The summed E-state index contributed by atoms with van der Waals surface area (Å²) in [5.74, 6) is 0. The zero-order valence-electron chi connectivity index (χ0n) is 6.30. The van der Waals surface area contributed by atoms with Crippen LogP contribution in [0, 0.1) is 0 Å². The van der Waals surface area contributed by atoms with Crippen LogP contribution in [0.15, 0.2) is 18.3 Å². The lowest BCUT2D eigenvalue weighted by molar-refractivity contribution is 1.05. The normalized spacial score (nSPS) is 12.9. The van der Waals surface area contributed by atoms with E-state index in [1.54, 1.807) is 0 Å². The maximum Gasteiger partial charge on any atom is 0.0621 e. The lowest BCUT2D eigenvalue weighted by Gasteiger charge is -2.05. The summed E-state index contributed by atoms with van der Waals surface area (Å²) in [5.41, 5.74) is 2.58. The van der Waals surface area contributed by atoms with Gasteiger partial charge in [-0.3, -0.25) is 4.98 Å². The largest absolute Gasteiger partial charge is 0.260 e. The molecule has 0 aromatic carbocycles. The van der Waals surface area contributed by atoms with E-state index in [-0.39, 0.29) is 0 Å². The van der Waals surface area contributed by atoms with Crippen molar-refractivity contribution in [3.63, 3.8) is 0 Å². The molecule has 1 rings (SSSR count). The smallest absolute Gasteiger partial charge is 0.0621 e. The van der Waals surface area contributed by atoms with Gasteiger partial charge in [0.15, 0.2) is 0 Å². The predicted molar refractivity (Wildman–Crippen MR) is 77.6 cm³/mol. The minimum absolute atomic E-state index is 0.547. The van der Waals surface area contributed by atoms with E-state index >= 15 is 0 Å². The van der Waals surface area contributed by atoms with Gasteiger partial charge in [0.05, 0.1) is 9.62 Å². The first kappa shape index (κ1) is 11.4. The summed E-state index contributed by atoms with van der Waals surface area (Å²) >= 11 is 7.20. The van der Waals surface area contributed by atoms with E-state index in [1.807, 2.05) is 6.20 Å². The monoisotopic (exact) mass is 499 g/mol. The van der Waals surface area contributed by atoms with Crippen LogP contribution in [0.3, 0.4) is 0 Å². The summed E-state index contributed by atoms with van der Waals surface area (Å²) in [6.07, 6.45) is 1.90. The maximum atomic E-state index is 4.34. The van der Waals surface area contributed by atoms with E-state index in [9.17, 15) is 0 Å². The molecule has 66 valence electrons. The highest BCUT2D eigenvalue weighted by molar-refractivity contribution is 14.1. The van der Waals surface area contributed by atoms with Crippen molar-refractivity contribution in [2.24, 2.45) is 0 Å². The van der Waals surface area contributed by atoms with Crippen molar-refractivity contribution in [2.45, 2.75) is 8.35 Å². The van der Waals surface area contributed by atoms with Crippen molar-refractivity contribution < 1.29 is 0 Å². The fourth-order valence-electron chi connectivity index (χ4n) is 0.828. The van der Waals surface area contributed by atoms with Crippen LogP contribution >= 0.6 is 67.8 Å². The van der Waals surface area contributed by atoms with Gasteiger partial charge in [-0.1, -0.05) is 67.8 Å². The summed E-state index contributed by atoms with van der Waals surface area (Å²) in [4.78, 5) is 4.34. The molecular weight excluding hydrogens is 491 g/mol. The Morgan fingerprint density at radius 2 is 2.17 bits per heavy atom. The van der Waals surface area contributed by atoms with Crippen LogP contribution in [0.5, 0.6) is 0 Å². The molecule has 0 aliphatic carbocycles. The lowest BCUT2D eigenvalue weighted by Crippen LogP contribution is -1.95. The molecule has 0 radical (unpaired) electrons. The van der Waals surface area contributed by atoms with E-state index in [0.29, 0.717) is 3.92 Å². The minimum atomic E-state index is 0.547. The SMILES string of the molecule is ICc1ccnc(C(I)CI)c1. The molecule has 12 heavy (non-hydrogen) atoms. The van der Waals surface area contributed by atoms with Gasteiger partial charge in [0.1, 0.15) is 0 Å². The second-order valence-electron chi connectivity index (χ2n) is 2.34. The molecule has 0 aliphatic heterocycles. The average Bonchev–Trinajstić information content (AvgIpc) is 2.17. The van der Waals surface area contributed by atoms with Crippen LogP contribution in [-0.4, -0.2) is 9.41 Å². The Hall–Kier alpha value is 1.34. The van der Waals surface area contributed by atoms with Gasteiger partial charge >= 0.3 is 0 Å². The van der Waals surface area contributed by atoms with Crippen molar-refractivity contribution in [1.29, 1.82) is 0 Å². The van der Waals surface area contributed by atoms with Crippen molar-refractivity contribution in [3.8, 4) is 0 Å². The number of rotatable bonds is 3. The Morgan fingerprint density at radius 3 is 2.75 bits per heavy atom. The van der Waals surface area contributed by atoms with Crippen molar-refractivity contribution in [3.05, 3.63) is 29.6 Å². The highest BCUT2D eigenvalue weighted by Crippen LogP contribution is 2.24. The molecule has 0 saturated heterocycles. The minimum Gasteiger partial charge on any atom is -0.260 e. The Kier molecular flexibility index (Phi) is 5.65. The van der Waals surface area contributed by atoms with Gasteiger partial charge in [-0.15, -0.1) is 0 Å². The van der Waals surface area contributed by atoms with Gasteiger partial charge in [0.25, 0.3) is 0 Å². The Balaban J connectivity index is 2.86. The molecule has 0 saturated carbocycles. The summed E-state index contributed by atoms with van der Waals surface area (Å²) in [6.45, 7) is 0. The number of nitrogens with zero attached hydrogens (tertiary/aromatic N) is 1. The second kappa shape index (κ2) is 5.94. The Labute approximate surface area is 114 Å². The van der Waals surface area contributed by atoms with Crippen LogP contribution in [0.1, 0.15) is 15.2 Å². The lowest BCUT2D eigenvalue weighted by atomic mass is 10.2. The first-order valence-electron chi connectivity index (χ1n) is 3.48. The van der Waals surface area contributed by atoms with Gasteiger partial charge in [0, 0.05) is 15.1 Å². The van der Waals surface area contributed by atoms with E-state index in [2.05, 4.69) is 84.9 Å². The van der Waals surface area contributed by atoms with E-state index in [0.717, 1.165) is 8.86 Å². The van der Waals surface area contributed by atoms with Crippen LogP contribution in [-0.2, 0) is 4.43 Å². The number of halogens is 3.